The summed E-state index contributed by atoms with van der Waals surface area (Å²) in [5.74, 6) is 0.897. The first kappa shape index (κ1) is 17.9. The Bertz CT molecular complexity index is 936. The third-order valence-corrected chi connectivity index (χ3v) is 5.46. The summed E-state index contributed by atoms with van der Waals surface area (Å²) in [5.41, 5.74) is 2.09. The molecular weight excluding hydrogens is 378 g/mol. The molecule has 0 radical (unpaired) electrons. The number of halogens is 1. The summed E-state index contributed by atoms with van der Waals surface area (Å²) in [6, 6.07) is 16.0. The van der Waals surface area contributed by atoms with Gasteiger partial charge in [-0.05, 0) is 29.9 Å². The number of aromatic nitrogens is 2. The smallest absolute Gasteiger partial charge is 0.169 e. The van der Waals surface area contributed by atoms with Crippen molar-refractivity contribution in [2.45, 2.75) is 6.54 Å². The summed E-state index contributed by atoms with van der Waals surface area (Å²) in [6.07, 6.45) is 1.60. The van der Waals surface area contributed by atoms with Crippen molar-refractivity contribution in [2.75, 3.05) is 31.1 Å². The van der Waals surface area contributed by atoms with Crippen molar-refractivity contribution in [3.05, 3.63) is 65.4 Å². The SMILES string of the molecule is S=C(NCc1ccccc1)N1CCN(c2ncnc3cccc(Cl)c23)CC1. The normalized spacial score (nSPS) is 14.4. The van der Waals surface area contributed by atoms with Gasteiger partial charge in [-0.25, -0.2) is 9.97 Å². The number of hydrogen-bond acceptors (Lipinski definition) is 4. The maximum atomic E-state index is 6.41. The van der Waals surface area contributed by atoms with Crippen LogP contribution in [0.2, 0.25) is 5.02 Å². The van der Waals surface area contributed by atoms with E-state index in [4.69, 9.17) is 23.8 Å². The Kier molecular flexibility index (Phi) is 5.36. The number of hydrogen-bond donors (Lipinski definition) is 1. The first-order valence-corrected chi connectivity index (χ1v) is 9.72. The molecule has 0 unspecified atom stereocenters. The highest BCUT2D eigenvalue weighted by molar-refractivity contribution is 7.80. The van der Waals surface area contributed by atoms with Gasteiger partial charge < -0.3 is 15.1 Å². The van der Waals surface area contributed by atoms with Crippen molar-refractivity contribution in [3.63, 3.8) is 0 Å². The zero-order valence-electron chi connectivity index (χ0n) is 14.8. The third-order valence-electron chi connectivity index (χ3n) is 4.75. The standard InChI is InChI=1S/C20H20ClN5S/c21-16-7-4-8-17-18(16)19(24-14-23-17)25-9-11-26(12-10-25)20(27)22-13-15-5-2-1-3-6-15/h1-8,14H,9-13H2,(H,22,27). The van der Waals surface area contributed by atoms with E-state index in [0.717, 1.165) is 54.6 Å². The van der Waals surface area contributed by atoms with Crippen LogP contribution in [0.5, 0.6) is 0 Å². The maximum absolute atomic E-state index is 6.41. The minimum absolute atomic E-state index is 0.686. The summed E-state index contributed by atoms with van der Waals surface area (Å²) >= 11 is 12.0. The minimum Gasteiger partial charge on any atom is -0.358 e. The molecule has 1 fully saturated rings. The van der Waals surface area contributed by atoms with Gasteiger partial charge in [0.15, 0.2) is 5.11 Å². The highest BCUT2D eigenvalue weighted by Gasteiger charge is 2.22. The molecule has 1 aliphatic heterocycles. The van der Waals surface area contributed by atoms with Crippen LogP contribution in [0.1, 0.15) is 5.56 Å². The van der Waals surface area contributed by atoms with Gasteiger partial charge in [-0.3, -0.25) is 0 Å². The molecule has 0 aliphatic carbocycles. The van der Waals surface area contributed by atoms with E-state index in [9.17, 15) is 0 Å². The molecule has 0 saturated carbocycles. The molecule has 3 aromatic rings. The van der Waals surface area contributed by atoms with Crippen LogP contribution in [0.3, 0.4) is 0 Å². The fourth-order valence-electron chi connectivity index (χ4n) is 3.30. The second-order valence-corrected chi connectivity index (χ2v) is 7.24. The Morgan fingerprint density at radius 2 is 1.78 bits per heavy atom. The highest BCUT2D eigenvalue weighted by atomic mass is 35.5. The van der Waals surface area contributed by atoms with Gasteiger partial charge in [0.1, 0.15) is 12.1 Å². The monoisotopic (exact) mass is 397 g/mol. The number of nitrogens with zero attached hydrogens (tertiary/aromatic N) is 4. The Labute approximate surface area is 169 Å². The lowest BCUT2D eigenvalue weighted by molar-refractivity contribution is 0.379. The van der Waals surface area contributed by atoms with Gasteiger partial charge in [-0.2, -0.15) is 0 Å². The van der Waals surface area contributed by atoms with Gasteiger partial charge in [0, 0.05) is 32.7 Å². The molecule has 7 heteroatoms. The molecule has 0 bridgehead atoms. The van der Waals surface area contributed by atoms with Gasteiger partial charge in [-0.15, -0.1) is 0 Å². The lowest BCUT2D eigenvalue weighted by atomic mass is 10.2. The predicted octanol–water partition coefficient (Wildman–Crippen LogP) is 3.48. The van der Waals surface area contributed by atoms with Crippen LogP contribution in [0.4, 0.5) is 5.82 Å². The maximum Gasteiger partial charge on any atom is 0.169 e. The average Bonchev–Trinajstić information content (AvgIpc) is 2.73. The molecule has 4 rings (SSSR count). The van der Waals surface area contributed by atoms with Crippen LogP contribution in [0.25, 0.3) is 10.9 Å². The van der Waals surface area contributed by atoms with Crippen LogP contribution < -0.4 is 10.2 Å². The Hall–Kier alpha value is -2.44. The number of thiocarbonyl (C=S) groups is 1. The van der Waals surface area contributed by atoms with E-state index in [1.807, 2.05) is 36.4 Å². The summed E-state index contributed by atoms with van der Waals surface area (Å²) < 4.78 is 0. The molecule has 1 aromatic heterocycles. The number of benzene rings is 2. The van der Waals surface area contributed by atoms with Crippen molar-refractivity contribution >= 4 is 45.7 Å². The fourth-order valence-corrected chi connectivity index (χ4v) is 3.81. The van der Waals surface area contributed by atoms with Crippen LogP contribution in [-0.2, 0) is 6.54 Å². The largest absolute Gasteiger partial charge is 0.358 e. The fraction of sp³-hybridized carbons (Fsp3) is 0.250. The van der Waals surface area contributed by atoms with E-state index in [1.165, 1.54) is 5.56 Å². The molecule has 0 spiro atoms. The molecule has 138 valence electrons. The van der Waals surface area contributed by atoms with E-state index in [2.05, 4.69) is 37.2 Å². The summed E-state index contributed by atoms with van der Waals surface area (Å²) in [5, 5.41) is 5.75. The second kappa shape index (κ2) is 8.06. The lowest BCUT2D eigenvalue weighted by Gasteiger charge is -2.37. The predicted molar refractivity (Wildman–Crippen MR) is 114 cm³/mol. The van der Waals surface area contributed by atoms with Crippen molar-refractivity contribution in [3.8, 4) is 0 Å². The van der Waals surface area contributed by atoms with E-state index >= 15 is 0 Å². The van der Waals surface area contributed by atoms with Gasteiger partial charge in [-0.1, -0.05) is 48.0 Å². The molecular formula is C20H20ClN5S. The molecule has 5 nitrogen and oxygen atoms in total. The molecule has 0 atom stereocenters. The topological polar surface area (TPSA) is 44.3 Å². The molecule has 0 amide bonds. The van der Waals surface area contributed by atoms with Crippen LogP contribution in [-0.4, -0.2) is 46.2 Å². The lowest BCUT2D eigenvalue weighted by Crippen LogP contribution is -2.51. The minimum atomic E-state index is 0.686. The van der Waals surface area contributed by atoms with E-state index in [0.29, 0.717) is 5.02 Å². The van der Waals surface area contributed by atoms with E-state index in [1.54, 1.807) is 6.33 Å². The van der Waals surface area contributed by atoms with Gasteiger partial charge in [0.2, 0.25) is 0 Å². The molecule has 1 aliphatic rings. The number of nitrogens with one attached hydrogen (secondary N) is 1. The zero-order chi connectivity index (χ0) is 18.6. The first-order valence-electron chi connectivity index (χ1n) is 8.93. The van der Waals surface area contributed by atoms with Crippen molar-refractivity contribution in [1.29, 1.82) is 0 Å². The van der Waals surface area contributed by atoms with Gasteiger partial charge >= 0.3 is 0 Å². The Morgan fingerprint density at radius 1 is 1.00 bits per heavy atom. The van der Waals surface area contributed by atoms with E-state index < -0.39 is 0 Å². The number of anilines is 1. The van der Waals surface area contributed by atoms with Crippen molar-refractivity contribution < 1.29 is 0 Å². The van der Waals surface area contributed by atoms with Crippen LogP contribution >= 0.6 is 23.8 Å². The Balaban J connectivity index is 1.40. The number of rotatable bonds is 3. The number of piperazine rings is 1. The number of fused-ring (bicyclic) bond motifs is 1. The van der Waals surface area contributed by atoms with E-state index in [-0.39, 0.29) is 0 Å². The molecule has 1 N–H and O–H groups in total. The zero-order valence-corrected chi connectivity index (χ0v) is 16.4. The molecule has 2 heterocycles. The molecule has 1 saturated heterocycles. The quantitative estimate of drug-likeness (QED) is 0.682. The van der Waals surface area contributed by atoms with Crippen molar-refractivity contribution in [2.24, 2.45) is 0 Å². The Morgan fingerprint density at radius 3 is 2.56 bits per heavy atom. The van der Waals surface area contributed by atoms with Crippen LogP contribution in [0.15, 0.2) is 54.9 Å². The third kappa shape index (κ3) is 3.96. The molecule has 2 aromatic carbocycles. The van der Waals surface area contributed by atoms with Gasteiger partial charge in [0.05, 0.1) is 15.9 Å². The summed E-state index contributed by atoms with van der Waals surface area (Å²) in [4.78, 5) is 13.3. The summed E-state index contributed by atoms with van der Waals surface area (Å²) in [7, 11) is 0. The first-order chi connectivity index (χ1) is 13.2. The highest BCUT2D eigenvalue weighted by Crippen LogP contribution is 2.30. The van der Waals surface area contributed by atoms with Crippen LogP contribution in [0, 0.1) is 0 Å². The molecule has 27 heavy (non-hydrogen) atoms. The van der Waals surface area contributed by atoms with Crippen molar-refractivity contribution in [1.82, 2.24) is 20.2 Å². The van der Waals surface area contributed by atoms with Gasteiger partial charge in [0.25, 0.3) is 0 Å². The summed E-state index contributed by atoms with van der Waals surface area (Å²) in [6.45, 7) is 4.11. The second-order valence-electron chi connectivity index (χ2n) is 6.45. The average molecular weight is 398 g/mol.